The number of alkyl halides is 2. The molecule has 0 aliphatic carbocycles. The molecule has 2 aromatic carbocycles. The average Bonchev–Trinajstić information content (AvgIpc) is 2.55. The van der Waals surface area contributed by atoms with Crippen molar-refractivity contribution in [3.8, 4) is 0 Å². The molecular weight excluding hydrogens is 335 g/mol. The average molecular weight is 365 g/mol. The Morgan fingerprint density at radius 2 is 0.917 bits per heavy atom. The lowest BCUT2D eigenvalue weighted by Gasteiger charge is -2.18. The Labute approximate surface area is 158 Å². The minimum Gasteiger partial charge on any atom is -0.123 e. The predicted molar refractivity (Wildman–Crippen MR) is 110 cm³/mol. The van der Waals surface area contributed by atoms with Crippen LogP contribution in [0.5, 0.6) is 0 Å². The maximum Gasteiger partial charge on any atom is 0.0321 e. The first-order valence-corrected chi connectivity index (χ1v) is 9.65. The van der Waals surface area contributed by atoms with Gasteiger partial charge in [0, 0.05) is 10.8 Å². The first-order valence-electron chi connectivity index (χ1n) is 8.78. The van der Waals surface area contributed by atoms with Crippen molar-refractivity contribution < 1.29 is 0 Å². The van der Waals surface area contributed by atoms with Crippen LogP contribution < -0.4 is 0 Å². The minimum atomic E-state index is 0.215. The Morgan fingerprint density at radius 1 is 0.583 bits per heavy atom. The summed E-state index contributed by atoms with van der Waals surface area (Å²) in [5.74, 6) is 1.23. The molecule has 4 unspecified atom stereocenters. The van der Waals surface area contributed by atoms with Crippen LogP contribution in [0.4, 0.5) is 0 Å². The number of rotatable bonds is 6. The van der Waals surface area contributed by atoms with Crippen LogP contribution in [0.3, 0.4) is 0 Å². The topological polar surface area (TPSA) is 0 Å². The van der Waals surface area contributed by atoms with Crippen molar-refractivity contribution in [1.29, 1.82) is 0 Å². The smallest absolute Gasteiger partial charge is 0.0321 e. The van der Waals surface area contributed by atoms with E-state index in [0.717, 1.165) is 6.42 Å². The monoisotopic (exact) mass is 364 g/mol. The molecule has 2 heteroatoms. The van der Waals surface area contributed by atoms with Crippen molar-refractivity contribution >= 4 is 23.2 Å². The normalized spacial score (nSPS) is 15.6. The van der Waals surface area contributed by atoms with Crippen LogP contribution in [0, 0.1) is 0 Å². The summed E-state index contributed by atoms with van der Waals surface area (Å²) in [5, 5.41) is 0.431. The van der Waals surface area contributed by atoms with Crippen LogP contribution in [0.15, 0.2) is 60.7 Å². The summed E-state index contributed by atoms with van der Waals surface area (Å²) in [5.41, 5.74) is 2.88. The second-order valence-corrected chi connectivity index (χ2v) is 8.15. The second-order valence-electron chi connectivity index (χ2n) is 6.66. The molecule has 0 aromatic heterocycles. The van der Waals surface area contributed by atoms with E-state index in [1.807, 2.05) is 13.8 Å². The van der Waals surface area contributed by atoms with Crippen LogP contribution in [0.25, 0.3) is 0 Å². The lowest BCUT2D eigenvalue weighted by Crippen LogP contribution is -2.00. The molecule has 0 heterocycles. The van der Waals surface area contributed by atoms with Gasteiger partial charge < -0.3 is 0 Å². The molecule has 0 N–H and O–H groups in total. The second kappa shape index (κ2) is 11.6. The van der Waals surface area contributed by atoms with E-state index in [2.05, 4.69) is 74.5 Å². The molecule has 4 atom stereocenters. The molecule has 132 valence electrons. The zero-order chi connectivity index (χ0) is 17.9. The summed E-state index contributed by atoms with van der Waals surface area (Å²) in [6.07, 6.45) is 2.09. The highest BCUT2D eigenvalue weighted by Gasteiger charge is 2.11. The van der Waals surface area contributed by atoms with E-state index >= 15 is 0 Å². The van der Waals surface area contributed by atoms with Gasteiger partial charge in [-0.1, -0.05) is 74.5 Å². The first-order chi connectivity index (χ1) is 11.4. The fraction of sp³-hybridized carbons (Fsp3) is 0.455. The van der Waals surface area contributed by atoms with Crippen LogP contribution in [0.2, 0.25) is 0 Å². The van der Waals surface area contributed by atoms with E-state index in [-0.39, 0.29) is 10.8 Å². The largest absolute Gasteiger partial charge is 0.123 e. The van der Waals surface area contributed by atoms with Gasteiger partial charge in [0.2, 0.25) is 0 Å². The molecule has 0 spiro atoms. The summed E-state index contributed by atoms with van der Waals surface area (Å²) in [4.78, 5) is 0. The van der Waals surface area contributed by atoms with Crippen molar-refractivity contribution in [1.82, 2.24) is 0 Å². The number of hydrogen-bond donors (Lipinski definition) is 0. The van der Waals surface area contributed by atoms with Crippen molar-refractivity contribution in [3.63, 3.8) is 0 Å². The maximum absolute atomic E-state index is 5.59. The Bertz CT molecular complexity index is 485. The van der Waals surface area contributed by atoms with E-state index in [9.17, 15) is 0 Å². The minimum absolute atomic E-state index is 0.215. The molecule has 0 radical (unpaired) electrons. The lowest BCUT2D eigenvalue weighted by atomic mass is 9.87. The fourth-order valence-electron chi connectivity index (χ4n) is 2.81. The van der Waals surface area contributed by atoms with Crippen LogP contribution in [-0.4, -0.2) is 10.8 Å². The fourth-order valence-corrected chi connectivity index (χ4v) is 3.44. The third kappa shape index (κ3) is 8.76. The molecule has 0 nitrogen and oxygen atoms in total. The molecule has 0 aliphatic heterocycles. The molecule has 2 aromatic rings. The molecular formula is C22H30Cl2. The van der Waals surface area contributed by atoms with Gasteiger partial charge in [0.25, 0.3) is 0 Å². The lowest BCUT2D eigenvalue weighted by molar-refractivity contribution is 0.593. The molecule has 0 bridgehead atoms. The summed E-state index contributed by atoms with van der Waals surface area (Å²) in [6, 6.07) is 21.6. The van der Waals surface area contributed by atoms with Crippen LogP contribution in [-0.2, 0) is 0 Å². The Balaban J connectivity index is 0.000000351. The zero-order valence-electron chi connectivity index (χ0n) is 15.3. The summed E-state index contributed by atoms with van der Waals surface area (Å²) < 4.78 is 0. The van der Waals surface area contributed by atoms with Gasteiger partial charge in [-0.25, -0.2) is 0 Å². The van der Waals surface area contributed by atoms with Gasteiger partial charge in [0.05, 0.1) is 0 Å². The van der Waals surface area contributed by atoms with Crippen molar-refractivity contribution in [2.24, 2.45) is 0 Å². The van der Waals surface area contributed by atoms with E-state index in [1.54, 1.807) is 0 Å². The molecule has 24 heavy (non-hydrogen) atoms. The third-order valence-corrected chi connectivity index (χ3v) is 4.45. The molecule has 0 amide bonds. The molecule has 2 rings (SSSR count). The van der Waals surface area contributed by atoms with E-state index in [0.29, 0.717) is 11.8 Å². The van der Waals surface area contributed by atoms with Crippen LogP contribution in [0.1, 0.15) is 63.5 Å². The zero-order valence-corrected chi connectivity index (χ0v) is 16.8. The Morgan fingerprint density at radius 3 is 1.17 bits per heavy atom. The van der Waals surface area contributed by atoms with Gasteiger partial charge in [-0.05, 0) is 49.7 Å². The SMILES string of the molecule is CC(CC(C)c1ccccc1)c1ccccc1.CC(Cl)CC(C)Cl. The van der Waals surface area contributed by atoms with Crippen LogP contribution >= 0.6 is 23.2 Å². The predicted octanol–water partition coefficient (Wildman–Crippen LogP) is 7.62. The summed E-state index contributed by atoms with van der Waals surface area (Å²) >= 11 is 11.2. The molecule has 0 aliphatic rings. The summed E-state index contributed by atoms with van der Waals surface area (Å²) in [7, 11) is 0. The highest BCUT2D eigenvalue weighted by molar-refractivity contribution is 6.23. The van der Waals surface area contributed by atoms with E-state index < -0.39 is 0 Å². The quantitative estimate of drug-likeness (QED) is 0.462. The van der Waals surface area contributed by atoms with Gasteiger partial charge in [-0.2, -0.15) is 0 Å². The maximum atomic E-state index is 5.59. The summed E-state index contributed by atoms with van der Waals surface area (Å²) in [6.45, 7) is 8.52. The molecule has 0 saturated heterocycles. The van der Waals surface area contributed by atoms with Crippen molar-refractivity contribution in [2.75, 3.05) is 0 Å². The van der Waals surface area contributed by atoms with Crippen molar-refractivity contribution in [2.45, 2.75) is 63.1 Å². The molecule has 0 fully saturated rings. The third-order valence-electron chi connectivity index (χ3n) is 4.09. The number of benzene rings is 2. The highest BCUT2D eigenvalue weighted by Crippen LogP contribution is 2.28. The highest BCUT2D eigenvalue weighted by atomic mass is 35.5. The number of halogens is 2. The Hall–Kier alpha value is -0.980. The Kier molecular flexibility index (Phi) is 10.1. The molecule has 0 saturated carbocycles. The van der Waals surface area contributed by atoms with Gasteiger partial charge in [0.15, 0.2) is 0 Å². The van der Waals surface area contributed by atoms with Gasteiger partial charge in [-0.15, -0.1) is 23.2 Å². The van der Waals surface area contributed by atoms with Crippen molar-refractivity contribution in [3.05, 3.63) is 71.8 Å². The van der Waals surface area contributed by atoms with Gasteiger partial charge >= 0.3 is 0 Å². The number of hydrogen-bond acceptors (Lipinski definition) is 0. The standard InChI is InChI=1S/C17H20.C5H10Cl2/c1-14(16-9-5-3-6-10-16)13-15(2)17-11-7-4-8-12-17;1-4(6)3-5(2)7/h3-12,14-15H,13H2,1-2H3;4-5H,3H2,1-2H3. The van der Waals surface area contributed by atoms with E-state index in [1.165, 1.54) is 17.5 Å². The van der Waals surface area contributed by atoms with Gasteiger partial charge in [0.1, 0.15) is 0 Å². The van der Waals surface area contributed by atoms with E-state index in [4.69, 9.17) is 23.2 Å². The first kappa shape index (κ1) is 21.1. The van der Waals surface area contributed by atoms with Gasteiger partial charge in [-0.3, -0.25) is 0 Å².